The van der Waals surface area contributed by atoms with Gasteiger partial charge in [-0.2, -0.15) is 0 Å². The van der Waals surface area contributed by atoms with Crippen molar-refractivity contribution in [3.05, 3.63) is 23.3 Å². The smallest absolute Gasteiger partial charge is 0.0641 e. The van der Waals surface area contributed by atoms with Crippen LogP contribution in [0.1, 0.15) is 39.5 Å². The number of fused-ring (bicyclic) bond motifs is 1. The first-order valence-corrected chi connectivity index (χ1v) is 6.68. The summed E-state index contributed by atoms with van der Waals surface area (Å²) < 4.78 is 0. The molecule has 0 bridgehead atoms. The molecule has 2 N–H and O–H groups in total. The van der Waals surface area contributed by atoms with E-state index in [9.17, 15) is 10.2 Å². The second kappa shape index (κ2) is 4.95. The molecule has 2 aliphatic carbocycles. The van der Waals surface area contributed by atoms with Crippen molar-refractivity contribution in [3.63, 3.8) is 0 Å². The normalized spacial score (nSPS) is 44.0. The summed E-state index contributed by atoms with van der Waals surface area (Å²) in [6.45, 7) is 4.79. The number of hydrogen-bond acceptors (Lipinski definition) is 2. The third kappa shape index (κ3) is 2.48. The molecule has 0 spiro atoms. The maximum Gasteiger partial charge on any atom is 0.0641 e. The number of aliphatic hydroxyl groups excluding tert-OH is 2. The van der Waals surface area contributed by atoms with Gasteiger partial charge < -0.3 is 10.2 Å². The minimum atomic E-state index is 0.0606. The quantitative estimate of drug-likeness (QED) is 0.724. The van der Waals surface area contributed by atoms with Crippen molar-refractivity contribution in [2.75, 3.05) is 13.2 Å². The standard InChI is InChI=1S/C15H24O2/c1-11-4-3-5-12(9-16)8-14-13(7-6-11)15(14,2)10-17/h4,8,13-14,16-17H,3,5-7,9-10H2,1-2H3/b11-4-,12-8+/t13-,14+,15+/m1/s1. The van der Waals surface area contributed by atoms with Gasteiger partial charge in [-0.3, -0.25) is 0 Å². The van der Waals surface area contributed by atoms with Crippen LogP contribution in [0.2, 0.25) is 0 Å². The molecule has 1 saturated carbocycles. The fourth-order valence-electron chi connectivity index (χ4n) is 3.20. The van der Waals surface area contributed by atoms with Crippen LogP contribution in [0.5, 0.6) is 0 Å². The van der Waals surface area contributed by atoms with Gasteiger partial charge >= 0.3 is 0 Å². The van der Waals surface area contributed by atoms with Crippen molar-refractivity contribution in [2.45, 2.75) is 39.5 Å². The van der Waals surface area contributed by atoms with Crippen molar-refractivity contribution in [3.8, 4) is 0 Å². The van der Waals surface area contributed by atoms with Crippen LogP contribution in [-0.4, -0.2) is 23.4 Å². The monoisotopic (exact) mass is 236 g/mol. The third-order valence-corrected chi connectivity index (χ3v) is 4.70. The zero-order valence-corrected chi connectivity index (χ0v) is 10.9. The Kier molecular flexibility index (Phi) is 3.74. The predicted molar refractivity (Wildman–Crippen MR) is 69.6 cm³/mol. The Labute approximate surface area is 104 Å². The van der Waals surface area contributed by atoms with Gasteiger partial charge in [0, 0.05) is 12.0 Å². The maximum atomic E-state index is 9.54. The zero-order chi connectivity index (χ0) is 12.5. The molecule has 2 nitrogen and oxygen atoms in total. The number of hydrogen-bond donors (Lipinski definition) is 2. The van der Waals surface area contributed by atoms with E-state index >= 15 is 0 Å². The van der Waals surface area contributed by atoms with Crippen LogP contribution in [0.15, 0.2) is 23.3 Å². The average molecular weight is 236 g/mol. The third-order valence-electron chi connectivity index (χ3n) is 4.70. The lowest BCUT2D eigenvalue weighted by molar-refractivity contribution is 0.205. The molecule has 0 heterocycles. The summed E-state index contributed by atoms with van der Waals surface area (Å²) in [5.74, 6) is 1.07. The largest absolute Gasteiger partial charge is 0.396 e. The molecule has 0 radical (unpaired) electrons. The summed E-state index contributed by atoms with van der Waals surface area (Å²) >= 11 is 0. The Morgan fingerprint density at radius 2 is 2.12 bits per heavy atom. The topological polar surface area (TPSA) is 40.5 Å². The summed E-state index contributed by atoms with van der Waals surface area (Å²) in [7, 11) is 0. The van der Waals surface area contributed by atoms with E-state index in [1.54, 1.807) is 0 Å². The lowest BCUT2D eigenvalue weighted by atomic mass is 10.0. The predicted octanol–water partition coefficient (Wildman–Crippen LogP) is 2.67. The SMILES string of the molecule is C/C1=C/CC/C(CO)=C\[C@H]2[C@@H](CC1)[C@]2(C)CO. The van der Waals surface area contributed by atoms with E-state index in [-0.39, 0.29) is 18.6 Å². The molecule has 2 heteroatoms. The molecule has 0 aromatic carbocycles. The van der Waals surface area contributed by atoms with Crippen molar-refractivity contribution in [2.24, 2.45) is 17.3 Å². The molecule has 3 atom stereocenters. The van der Waals surface area contributed by atoms with Crippen molar-refractivity contribution in [1.82, 2.24) is 0 Å². The lowest BCUT2D eigenvalue weighted by Gasteiger charge is -2.06. The Hall–Kier alpha value is -0.600. The molecule has 0 aromatic rings. The van der Waals surface area contributed by atoms with Gasteiger partial charge in [-0.25, -0.2) is 0 Å². The number of allylic oxidation sites excluding steroid dienone is 3. The molecule has 2 rings (SSSR count). The van der Waals surface area contributed by atoms with E-state index in [4.69, 9.17) is 0 Å². The Balaban J connectivity index is 2.17. The number of aliphatic hydroxyl groups is 2. The zero-order valence-electron chi connectivity index (χ0n) is 10.9. The van der Waals surface area contributed by atoms with Gasteiger partial charge in [-0.15, -0.1) is 0 Å². The van der Waals surface area contributed by atoms with Crippen LogP contribution in [-0.2, 0) is 0 Å². The van der Waals surface area contributed by atoms with Gasteiger partial charge in [0.25, 0.3) is 0 Å². The fraction of sp³-hybridized carbons (Fsp3) is 0.733. The van der Waals surface area contributed by atoms with Gasteiger partial charge in [0.15, 0.2) is 0 Å². The molecular formula is C15H24O2. The van der Waals surface area contributed by atoms with E-state index in [0.29, 0.717) is 11.8 Å². The molecular weight excluding hydrogens is 212 g/mol. The summed E-state index contributed by atoms with van der Waals surface area (Å²) in [5, 5.41) is 18.9. The molecule has 0 amide bonds. The Morgan fingerprint density at radius 1 is 1.35 bits per heavy atom. The average Bonchev–Trinajstić information content (AvgIpc) is 2.90. The first-order chi connectivity index (χ1) is 8.11. The van der Waals surface area contributed by atoms with Crippen LogP contribution in [0.3, 0.4) is 0 Å². The highest BCUT2D eigenvalue weighted by molar-refractivity contribution is 5.22. The summed E-state index contributed by atoms with van der Waals surface area (Å²) in [5.41, 5.74) is 2.66. The first kappa shape index (κ1) is 12.8. The van der Waals surface area contributed by atoms with Crippen LogP contribution < -0.4 is 0 Å². The van der Waals surface area contributed by atoms with Gasteiger partial charge in [0.05, 0.1) is 6.61 Å². The van der Waals surface area contributed by atoms with Gasteiger partial charge in [-0.1, -0.05) is 24.6 Å². The molecule has 2 aliphatic rings. The van der Waals surface area contributed by atoms with Crippen molar-refractivity contribution in [1.29, 1.82) is 0 Å². The van der Waals surface area contributed by atoms with Gasteiger partial charge in [0.1, 0.15) is 0 Å². The minimum absolute atomic E-state index is 0.0606. The van der Waals surface area contributed by atoms with Crippen LogP contribution in [0.25, 0.3) is 0 Å². The summed E-state index contributed by atoms with van der Waals surface area (Å²) in [4.78, 5) is 0. The van der Waals surface area contributed by atoms with E-state index in [1.807, 2.05) is 0 Å². The van der Waals surface area contributed by atoms with E-state index in [2.05, 4.69) is 26.0 Å². The number of rotatable bonds is 2. The Morgan fingerprint density at radius 3 is 2.76 bits per heavy atom. The molecule has 0 saturated heterocycles. The second-order valence-corrected chi connectivity index (χ2v) is 5.91. The lowest BCUT2D eigenvalue weighted by Crippen LogP contribution is -2.05. The minimum Gasteiger partial charge on any atom is -0.396 e. The molecule has 96 valence electrons. The van der Waals surface area contributed by atoms with E-state index < -0.39 is 0 Å². The maximum absolute atomic E-state index is 9.54. The molecule has 0 unspecified atom stereocenters. The molecule has 17 heavy (non-hydrogen) atoms. The molecule has 0 aromatic heterocycles. The van der Waals surface area contributed by atoms with Crippen molar-refractivity contribution >= 4 is 0 Å². The first-order valence-electron chi connectivity index (χ1n) is 6.68. The van der Waals surface area contributed by atoms with E-state index in [1.165, 1.54) is 12.0 Å². The summed E-state index contributed by atoms with van der Waals surface area (Å²) in [6, 6.07) is 0. The Bertz CT molecular complexity index is 343. The van der Waals surface area contributed by atoms with Crippen molar-refractivity contribution < 1.29 is 10.2 Å². The fourth-order valence-corrected chi connectivity index (χ4v) is 3.20. The van der Waals surface area contributed by atoms with Crippen LogP contribution in [0, 0.1) is 17.3 Å². The van der Waals surface area contributed by atoms with Gasteiger partial charge in [-0.05, 0) is 50.0 Å². The highest BCUT2D eigenvalue weighted by Crippen LogP contribution is 2.61. The highest BCUT2D eigenvalue weighted by Gasteiger charge is 2.58. The van der Waals surface area contributed by atoms with Crippen LogP contribution >= 0.6 is 0 Å². The van der Waals surface area contributed by atoms with E-state index in [0.717, 1.165) is 24.8 Å². The molecule has 1 fully saturated rings. The van der Waals surface area contributed by atoms with Gasteiger partial charge in [0.2, 0.25) is 0 Å². The highest BCUT2D eigenvalue weighted by atomic mass is 16.3. The van der Waals surface area contributed by atoms with Crippen LogP contribution in [0.4, 0.5) is 0 Å². The second-order valence-electron chi connectivity index (χ2n) is 5.91. The molecule has 0 aliphatic heterocycles. The summed E-state index contributed by atoms with van der Waals surface area (Å²) in [6.07, 6.45) is 8.83.